The Morgan fingerprint density at radius 3 is 2.50 bits per heavy atom. The SMILES string of the molecule is CCN(CC(C)(C)O)c1n[nH]c(=O)[nH]c1=O. The van der Waals surface area contributed by atoms with Crippen molar-refractivity contribution in [3.8, 4) is 0 Å². The molecule has 0 aliphatic heterocycles. The Kier molecular flexibility index (Phi) is 3.48. The Morgan fingerprint density at radius 1 is 1.44 bits per heavy atom. The molecule has 7 nitrogen and oxygen atoms in total. The van der Waals surface area contributed by atoms with Crippen LogP contribution in [0.25, 0.3) is 0 Å². The van der Waals surface area contributed by atoms with Crippen LogP contribution in [0, 0.1) is 0 Å². The molecule has 0 radical (unpaired) electrons. The van der Waals surface area contributed by atoms with Gasteiger partial charge in [0.25, 0.3) is 5.56 Å². The van der Waals surface area contributed by atoms with Gasteiger partial charge in [-0.05, 0) is 20.8 Å². The van der Waals surface area contributed by atoms with Gasteiger partial charge in [-0.3, -0.25) is 9.78 Å². The lowest BCUT2D eigenvalue weighted by molar-refractivity contribution is 0.0873. The first-order valence-corrected chi connectivity index (χ1v) is 5.00. The van der Waals surface area contributed by atoms with Crippen LogP contribution in [-0.2, 0) is 0 Å². The maximum atomic E-state index is 11.5. The van der Waals surface area contributed by atoms with Gasteiger partial charge in [0, 0.05) is 13.1 Å². The van der Waals surface area contributed by atoms with Crippen molar-refractivity contribution in [2.24, 2.45) is 0 Å². The first-order chi connectivity index (χ1) is 7.33. The molecule has 0 aliphatic carbocycles. The fraction of sp³-hybridized carbons (Fsp3) is 0.667. The molecule has 16 heavy (non-hydrogen) atoms. The van der Waals surface area contributed by atoms with Crippen LogP contribution in [0.4, 0.5) is 5.82 Å². The van der Waals surface area contributed by atoms with Crippen LogP contribution in [0.1, 0.15) is 20.8 Å². The number of likely N-dealkylation sites (N-methyl/N-ethyl adjacent to an activating group) is 1. The number of hydrogen-bond acceptors (Lipinski definition) is 5. The van der Waals surface area contributed by atoms with Gasteiger partial charge in [0.2, 0.25) is 5.82 Å². The molecule has 0 amide bonds. The van der Waals surface area contributed by atoms with Crippen molar-refractivity contribution in [2.75, 3.05) is 18.0 Å². The Hall–Kier alpha value is -1.63. The van der Waals surface area contributed by atoms with Crippen LogP contribution < -0.4 is 16.1 Å². The van der Waals surface area contributed by atoms with E-state index in [2.05, 4.69) is 15.2 Å². The average Bonchev–Trinajstić information content (AvgIpc) is 2.13. The van der Waals surface area contributed by atoms with E-state index in [9.17, 15) is 14.7 Å². The van der Waals surface area contributed by atoms with E-state index in [1.54, 1.807) is 18.7 Å². The topological polar surface area (TPSA) is 102 Å². The number of rotatable bonds is 4. The van der Waals surface area contributed by atoms with Gasteiger partial charge in [-0.25, -0.2) is 9.89 Å². The molecule has 0 saturated carbocycles. The van der Waals surface area contributed by atoms with Gasteiger partial charge in [0.15, 0.2) is 0 Å². The summed E-state index contributed by atoms with van der Waals surface area (Å²) < 4.78 is 0. The summed E-state index contributed by atoms with van der Waals surface area (Å²) in [6, 6.07) is 0. The van der Waals surface area contributed by atoms with Crippen molar-refractivity contribution in [2.45, 2.75) is 26.4 Å². The van der Waals surface area contributed by atoms with E-state index < -0.39 is 16.9 Å². The molecule has 0 atom stereocenters. The normalized spacial score (nSPS) is 11.5. The molecule has 0 saturated heterocycles. The van der Waals surface area contributed by atoms with Crippen molar-refractivity contribution >= 4 is 5.82 Å². The van der Waals surface area contributed by atoms with E-state index in [0.29, 0.717) is 6.54 Å². The summed E-state index contributed by atoms with van der Waals surface area (Å²) in [4.78, 5) is 25.9. The minimum atomic E-state index is -0.944. The van der Waals surface area contributed by atoms with Crippen LogP contribution >= 0.6 is 0 Å². The zero-order valence-electron chi connectivity index (χ0n) is 9.57. The summed E-state index contributed by atoms with van der Waals surface area (Å²) in [5, 5.41) is 15.5. The quantitative estimate of drug-likeness (QED) is 0.617. The highest BCUT2D eigenvalue weighted by Gasteiger charge is 2.20. The monoisotopic (exact) mass is 228 g/mol. The van der Waals surface area contributed by atoms with Gasteiger partial charge < -0.3 is 10.0 Å². The smallest absolute Gasteiger partial charge is 0.342 e. The summed E-state index contributed by atoms with van der Waals surface area (Å²) in [6.07, 6.45) is 0. The molecule has 0 fully saturated rings. The van der Waals surface area contributed by atoms with Crippen LogP contribution in [0.15, 0.2) is 9.59 Å². The first kappa shape index (κ1) is 12.4. The third-order valence-corrected chi connectivity index (χ3v) is 1.95. The maximum absolute atomic E-state index is 11.5. The highest BCUT2D eigenvalue weighted by Crippen LogP contribution is 2.08. The van der Waals surface area contributed by atoms with Crippen molar-refractivity contribution in [3.63, 3.8) is 0 Å². The Morgan fingerprint density at radius 2 is 2.06 bits per heavy atom. The second kappa shape index (κ2) is 4.48. The first-order valence-electron chi connectivity index (χ1n) is 5.00. The lowest BCUT2D eigenvalue weighted by atomic mass is 10.1. The van der Waals surface area contributed by atoms with Gasteiger partial charge in [0.05, 0.1) is 5.60 Å². The summed E-state index contributed by atoms with van der Waals surface area (Å²) in [7, 11) is 0. The van der Waals surface area contributed by atoms with Gasteiger partial charge >= 0.3 is 5.69 Å². The second-order valence-corrected chi connectivity index (χ2v) is 4.16. The molecule has 7 heteroatoms. The molecule has 0 bridgehead atoms. The number of nitrogens with zero attached hydrogens (tertiary/aromatic N) is 2. The van der Waals surface area contributed by atoms with Gasteiger partial charge in [-0.2, -0.15) is 0 Å². The number of aliphatic hydroxyl groups is 1. The van der Waals surface area contributed by atoms with E-state index in [4.69, 9.17) is 0 Å². The molecule has 3 N–H and O–H groups in total. The predicted molar refractivity (Wildman–Crippen MR) is 59.7 cm³/mol. The second-order valence-electron chi connectivity index (χ2n) is 4.16. The molecule has 0 aliphatic rings. The molecule has 0 aromatic carbocycles. The number of aromatic nitrogens is 3. The molecule has 1 aromatic heterocycles. The number of H-pyrrole nitrogens is 2. The fourth-order valence-electron chi connectivity index (χ4n) is 1.36. The van der Waals surface area contributed by atoms with Crippen LogP contribution in [0.5, 0.6) is 0 Å². The van der Waals surface area contributed by atoms with Crippen LogP contribution in [0.3, 0.4) is 0 Å². The Labute approximate surface area is 92.1 Å². The highest BCUT2D eigenvalue weighted by molar-refractivity contribution is 5.34. The fourth-order valence-corrected chi connectivity index (χ4v) is 1.36. The van der Waals surface area contributed by atoms with Crippen molar-refractivity contribution in [1.82, 2.24) is 15.2 Å². The highest BCUT2D eigenvalue weighted by atomic mass is 16.3. The van der Waals surface area contributed by atoms with Crippen molar-refractivity contribution in [3.05, 3.63) is 20.8 Å². The van der Waals surface area contributed by atoms with Gasteiger partial charge in [0.1, 0.15) is 0 Å². The molecule has 0 spiro atoms. The Bertz CT molecular complexity index is 457. The van der Waals surface area contributed by atoms with E-state index in [1.807, 2.05) is 6.92 Å². The zero-order valence-corrected chi connectivity index (χ0v) is 9.57. The number of anilines is 1. The molecular formula is C9H16N4O3. The van der Waals surface area contributed by atoms with Crippen molar-refractivity contribution in [1.29, 1.82) is 0 Å². The largest absolute Gasteiger partial charge is 0.389 e. The molecule has 1 aromatic rings. The summed E-state index contributed by atoms with van der Waals surface area (Å²) in [6.45, 7) is 5.86. The third-order valence-electron chi connectivity index (χ3n) is 1.95. The standard InChI is InChI=1S/C9H16N4O3/c1-4-13(5-9(2,3)16)6-7(14)10-8(15)12-11-6/h16H,4-5H2,1-3H3,(H2,10,12,14,15). The van der Waals surface area contributed by atoms with E-state index in [1.165, 1.54) is 0 Å². The predicted octanol–water partition coefficient (Wildman–Crippen LogP) is -0.945. The summed E-state index contributed by atoms with van der Waals surface area (Å²) >= 11 is 0. The van der Waals surface area contributed by atoms with Crippen molar-refractivity contribution < 1.29 is 5.11 Å². The minimum Gasteiger partial charge on any atom is -0.389 e. The number of aromatic amines is 2. The maximum Gasteiger partial charge on any atom is 0.342 e. The number of hydrogen-bond donors (Lipinski definition) is 3. The third kappa shape index (κ3) is 3.20. The lowest BCUT2D eigenvalue weighted by Crippen LogP contribution is -2.42. The lowest BCUT2D eigenvalue weighted by Gasteiger charge is -2.27. The summed E-state index contributed by atoms with van der Waals surface area (Å²) in [5.41, 5.74) is -2.15. The minimum absolute atomic E-state index is 0.101. The van der Waals surface area contributed by atoms with E-state index in [-0.39, 0.29) is 12.4 Å². The van der Waals surface area contributed by atoms with Crippen LogP contribution in [0.2, 0.25) is 0 Å². The molecule has 0 unspecified atom stereocenters. The molecule has 90 valence electrons. The Balaban J connectivity index is 3.05. The van der Waals surface area contributed by atoms with Crippen LogP contribution in [-0.4, -0.2) is 39.0 Å². The molecular weight excluding hydrogens is 212 g/mol. The summed E-state index contributed by atoms with van der Waals surface area (Å²) in [5.74, 6) is 0.101. The van der Waals surface area contributed by atoms with E-state index in [0.717, 1.165) is 0 Å². The van der Waals surface area contributed by atoms with Gasteiger partial charge in [-0.1, -0.05) is 0 Å². The number of nitrogens with one attached hydrogen (secondary N) is 2. The molecule has 1 heterocycles. The molecule has 1 rings (SSSR count). The van der Waals surface area contributed by atoms with E-state index >= 15 is 0 Å². The zero-order chi connectivity index (χ0) is 12.3. The van der Waals surface area contributed by atoms with Gasteiger partial charge in [-0.15, -0.1) is 5.10 Å². The average molecular weight is 228 g/mol.